The third-order valence-corrected chi connectivity index (χ3v) is 3.23. The number of carbonyl (C=O) groups is 1. The number of carbonyl (C=O) groups excluding carboxylic acids is 1. The summed E-state index contributed by atoms with van der Waals surface area (Å²) < 4.78 is 10.4. The Morgan fingerprint density at radius 3 is 2.63 bits per heavy atom. The fraction of sp³-hybridized carbons (Fsp3) is 0.462. The molecule has 1 aliphatic carbocycles. The van der Waals surface area contributed by atoms with Crippen molar-refractivity contribution < 1.29 is 19.5 Å². The monoisotopic (exact) mass is 266 g/mol. The third kappa shape index (κ3) is 2.90. The number of amides is 2. The van der Waals surface area contributed by atoms with Crippen LogP contribution in [-0.4, -0.2) is 43.6 Å². The highest BCUT2D eigenvalue weighted by Crippen LogP contribution is 2.43. The van der Waals surface area contributed by atoms with Crippen LogP contribution < -0.4 is 14.8 Å². The maximum Gasteiger partial charge on any atom is 0.341 e. The molecule has 0 saturated heterocycles. The van der Waals surface area contributed by atoms with Gasteiger partial charge in [0.2, 0.25) is 0 Å². The van der Waals surface area contributed by atoms with Crippen LogP contribution in [0.2, 0.25) is 0 Å². The van der Waals surface area contributed by atoms with Crippen LogP contribution in [0, 0.1) is 0 Å². The Morgan fingerprint density at radius 2 is 2.05 bits per heavy atom. The third-order valence-electron chi connectivity index (χ3n) is 3.23. The smallest absolute Gasteiger partial charge is 0.341 e. The second kappa shape index (κ2) is 5.36. The molecule has 0 unspecified atom stereocenters. The van der Waals surface area contributed by atoms with Gasteiger partial charge >= 0.3 is 6.03 Å². The maximum absolute atomic E-state index is 11.3. The number of nitrogens with zero attached hydrogens (tertiary/aromatic N) is 1. The molecule has 2 atom stereocenters. The van der Waals surface area contributed by atoms with Crippen molar-refractivity contribution in [2.24, 2.45) is 0 Å². The largest absolute Gasteiger partial charge is 0.493 e. The number of urea groups is 1. The minimum Gasteiger partial charge on any atom is -0.493 e. The summed E-state index contributed by atoms with van der Waals surface area (Å²) in [7, 11) is 4.48. The molecule has 0 radical (unpaired) electrons. The van der Waals surface area contributed by atoms with Crippen molar-refractivity contribution in [2.75, 3.05) is 21.3 Å². The normalized spacial score (nSPS) is 20.6. The van der Waals surface area contributed by atoms with E-state index in [1.54, 1.807) is 14.2 Å². The molecule has 6 nitrogen and oxygen atoms in total. The molecule has 19 heavy (non-hydrogen) atoms. The Kier molecular flexibility index (Phi) is 3.80. The Bertz CT molecular complexity index is 476. The highest BCUT2D eigenvalue weighted by Gasteiger charge is 2.40. The van der Waals surface area contributed by atoms with Crippen LogP contribution in [0.4, 0.5) is 4.79 Å². The zero-order valence-corrected chi connectivity index (χ0v) is 11.2. The summed E-state index contributed by atoms with van der Waals surface area (Å²) in [6.45, 7) is 0. The fourth-order valence-corrected chi connectivity index (χ4v) is 2.06. The highest BCUT2D eigenvalue weighted by atomic mass is 16.5. The van der Waals surface area contributed by atoms with Crippen LogP contribution in [-0.2, 0) is 0 Å². The van der Waals surface area contributed by atoms with Gasteiger partial charge in [-0.25, -0.2) is 9.86 Å². The lowest BCUT2D eigenvalue weighted by Crippen LogP contribution is -2.36. The fourth-order valence-electron chi connectivity index (χ4n) is 2.06. The second-order valence-corrected chi connectivity index (χ2v) is 4.54. The molecular formula is C13H18N2O4. The van der Waals surface area contributed by atoms with Gasteiger partial charge in [-0.15, -0.1) is 0 Å². The quantitative estimate of drug-likeness (QED) is 0.641. The van der Waals surface area contributed by atoms with E-state index in [0.29, 0.717) is 16.6 Å². The number of rotatable bonds is 4. The molecular weight excluding hydrogens is 248 g/mol. The van der Waals surface area contributed by atoms with E-state index in [9.17, 15) is 4.79 Å². The molecule has 0 heterocycles. The van der Waals surface area contributed by atoms with Gasteiger partial charge in [-0.05, 0) is 24.1 Å². The number of hydrogen-bond donors (Lipinski definition) is 2. The molecule has 2 rings (SSSR count). The average molecular weight is 266 g/mol. The first kappa shape index (κ1) is 13.5. The number of ether oxygens (including phenoxy) is 2. The molecule has 0 spiro atoms. The first-order valence-corrected chi connectivity index (χ1v) is 6.01. The number of hydrogen-bond acceptors (Lipinski definition) is 4. The second-order valence-electron chi connectivity index (χ2n) is 4.54. The van der Waals surface area contributed by atoms with Crippen molar-refractivity contribution in [3.05, 3.63) is 23.8 Å². The van der Waals surface area contributed by atoms with Gasteiger partial charge in [0.15, 0.2) is 11.5 Å². The molecule has 0 aromatic heterocycles. The Balaban J connectivity index is 2.03. The molecule has 0 aliphatic heterocycles. The summed E-state index contributed by atoms with van der Waals surface area (Å²) in [6, 6.07) is 5.29. The van der Waals surface area contributed by atoms with Gasteiger partial charge in [-0.3, -0.25) is 5.21 Å². The molecule has 1 aromatic rings. The van der Waals surface area contributed by atoms with E-state index in [1.807, 2.05) is 18.2 Å². The summed E-state index contributed by atoms with van der Waals surface area (Å²) in [5.41, 5.74) is 1.09. The Labute approximate surface area is 111 Å². The van der Waals surface area contributed by atoms with E-state index in [4.69, 9.17) is 14.7 Å². The van der Waals surface area contributed by atoms with Crippen LogP contribution in [0.15, 0.2) is 18.2 Å². The van der Waals surface area contributed by atoms with Gasteiger partial charge in [0.05, 0.1) is 14.2 Å². The molecule has 1 aromatic carbocycles. The Morgan fingerprint density at radius 1 is 1.37 bits per heavy atom. The minimum atomic E-state index is -0.493. The number of benzene rings is 1. The van der Waals surface area contributed by atoms with Crippen LogP contribution in [0.25, 0.3) is 0 Å². The zero-order chi connectivity index (χ0) is 14.0. The van der Waals surface area contributed by atoms with Crippen LogP contribution in [0.1, 0.15) is 17.9 Å². The zero-order valence-electron chi connectivity index (χ0n) is 11.2. The molecule has 1 fully saturated rings. The van der Waals surface area contributed by atoms with Crippen molar-refractivity contribution in [2.45, 2.75) is 18.4 Å². The number of nitrogens with one attached hydrogen (secondary N) is 1. The van der Waals surface area contributed by atoms with E-state index < -0.39 is 6.03 Å². The first-order chi connectivity index (χ1) is 9.06. The average Bonchev–Trinajstić information content (AvgIpc) is 3.16. The topological polar surface area (TPSA) is 71.0 Å². The van der Waals surface area contributed by atoms with Gasteiger partial charge in [-0.1, -0.05) is 6.07 Å². The molecule has 1 saturated carbocycles. The van der Waals surface area contributed by atoms with Gasteiger partial charge in [-0.2, -0.15) is 0 Å². The molecule has 1 aliphatic rings. The van der Waals surface area contributed by atoms with E-state index in [-0.39, 0.29) is 12.0 Å². The van der Waals surface area contributed by atoms with Crippen molar-refractivity contribution >= 4 is 6.03 Å². The van der Waals surface area contributed by atoms with E-state index in [0.717, 1.165) is 12.0 Å². The van der Waals surface area contributed by atoms with Gasteiger partial charge < -0.3 is 14.8 Å². The first-order valence-electron chi connectivity index (χ1n) is 6.01. The van der Waals surface area contributed by atoms with E-state index >= 15 is 0 Å². The maximum atomic E-state index is 11.3. The van der Waals surface area contributed by atoms with E-state index in [2.05, 4.69) is 5.32 Å². The summed E-state index contributed by atoms with van der Waals surface area (Å²) in [4.78, 5) is 11.3. The molecule has 104 valence electrons. The lowest BCUT2D eigenvalue weighted by Gasteiger charge is -2.11. The van der Waals surface area contributed by atoms with Crippen LogP contribution in [0.3, 0.4) is 0 Å². The van der Waals surface area contributed by atoms with Gasteiger partial charge in [0.1, 0.15) is 0 Å². The summed E-state index contributed by atoms with van der Waals surface area (Å²) >= 11 is 0. The number of methoxy groups -OCH3 is 2. The number of hydroxylamine groups is 2. The molecule has 0 bridgehead atoms. The summed E-state index contributed by atoms with van der Waals surface area (Å²) in [5.74, 6) is 1.61. The highest BCUT2D eigenvalue weighted by molar-refractivity contribution is 5.73. The van der Waals surface area contributed by atoms with Crippen molar-refractivity contribution in [3.63, 3.8) is 0 Å². The van der Waals surface area contributed by atoms with Gasteiger partial charge in [0, 0.05) is 19.0 Å². The Hall–Kier alpha value is -1.95. The predicted molar refractivity (Wildman–Crippen MR) is 68.8 cm³/mol. The van der Waals surface area contributed by atoms with Crippen LogP contribution >= 0.6 is 0 Å². The standard InChI is InChI=1S/C13H18N2O4/c1-15(17)13(16)14-10-7-9(10)8-4-5-11(18-2)12(6-8)19-3/h4-6,9-10,17H,7H2,1-3H3,(H,14,16)/t9-,10+/m0/s1. The van der Waals surface area contributed by atoms with Crippen LogP contribution in [0.5, 0.6) is 11.5 Å². The lowest BCUT2D eigenvalue weighted by atomic mass is 10.1. The minimum absolute atomic E-state index is 0.0557. The molecule has 2 N–H and O–H groups in total. The van der Waals surface area contributed by atoms with Crippen molar-refractivity contribution in [1.82, 2.24) is 10.4 Å². The molecule has 6 heteroatoms. The van der Waals surface area contributed by atoms with Crippen molar-refractivity contribution in [3.8, 4) is 11.5 Å². The predicted octanol–water partition coefficient (Wildman–Crippen LogP) is 1.59. The molecule has 2 amide bonds. The van der Waals surface area contributed by atoms with Crippen molar-refractivity contribution in [1.29, 1.82) is 0 Å². The summed E-state index contributed by atoms with van der Waals surface area (Å²) in [5, 5.41) is 12.3. The SMILES string of the molecule is COc1ccc([C@@H]2C[C@H]2NC(=O)N(C)O)cc1OC. The summed E-state index contributed by atoms with van der Waals surface area (Å²) in [6.07, 6.45) is 0.856. The van der Waals surface area contributed by atoms with E-state index in [1.165, 1.54) is 7.05 Å². The lowest BCUT2D eigenvalue weighted by molar-refractivity contribution is -0.0184. The van der Waals surface area contributed by atoms with Gasteiger partial charge in [0.25, 0.3) is 0 Å².